The standard InChI is InChI=1S/C20H17N7O5/c1-3-32-20(29)14-10-22-26-15(7-8-21-18(14)26)12-5-4-6-13(9-12)23-19(28)17-16(27(30)31)11-25(2)24-17/h4-11H,3H2,1-2H3,(H,23,28). The number of aromatic nitrogens is 5. The van der Waals surface area contributed by atoms with Gasteiger partial charge in [0.15, 0.2) is 5.65 Å². The minimum absolute atomic E-state index is 0.228. The number of amides is 1. The van der Waals surface area contributed by atoms with Crippen LogP contribution in [0.3, 0.4) is 0 Å². The van der Waals surface area contributed by atoms with E-state index in [2.05, 4.69) is 20.5 Å². The van der Waals surface area contributed by atoms with Crippen LogP contribution in [0.25, 0.3) is 16.9 Å². The highest BCUT2D eigenvalue weighted by molar-refractivity contribution is 6.05. The molecule has 0 bridgehead atoms. The molecule has 1 N–H and O–H groups in total. The molecule has 162 valence electrons. The lowest BCUT2D eigenvalue weighted by molar-refractivity contribution is -0.385. The van der Waals surface area contributed by atoms with Crippen molar-refractivity contribution in [3.63, 3.8) is 0 Å². The van der Waals surface area contributed by atoms with Gasteiger partial charge in [0.2, 0.25) is 5.69 Å². The van der Waals surface area contributed by atoms with E-state index in [0.717, 1.165) is 6.20 Å². The number of esters is 1. The van der Waals surface area contributed by atoms with E-state index in [1.54, 1.807) is 37.3 Å². The van der Waals surface area contributed by atoms with Gasteiger partial charge in [-0.3, -0.25) is 19.6 Å². The van der Waals surface area contributed by atoms with Crippen molar-refractivity contribution in [1.82, 2.24) is 24.4 Å². The minimum atomic E-state index is -0.710. The lowest BCUT2D eigenvalue weighted by Gasteiger charge is -2.08. The third-order valence-corrected chi connectivity index (χ3v) is 4.53. The predicted octanol–water partition coefficient (Wildman–Crippen LogP) is 2.47. The van der Waals surface area contributed by atoms with Crippen LogP contribution in [0.15, 0.2) is 48.9 Å². The van der Waals surface area contributed by atoms with Crippen molar-refractivity contribution in [3.05, 3.63) is 70.3 Å². The van der Waals surface area contributed by atoms with E-state index in [1.165, 1.54) is 28.6 Å². The average molecular weight is 435 g/mol. The smallest absolute Gasteiger partial charge is 0.343 e. The molecule has 3 aromatic heterocycles. The SMILES string of the molecule is CCOC(=O)c1cnn2c(-c3cccc(NC(=O)c4nn(C)cc4[N+](=O)[O-])c3)ccnc12. The maximum absolute atomic E-state index is 12.6. The molecule has 0 radical (unpaired) electrons. The Morgan fingerprint density at radius 3 is 2.84 bits per heavy atom. The summed E-state index contributed by atoms with van der Waals surface area (Å²) in [5.41, 5.74) is 1.57. The van der Waals surface area contributed by atoms with Gasteiger partial charge in [0.25, 0.3) is 5.91 Å². The monoisotopic (exact) mass is 435 g/mol. The number of nitrogens with one attached hydrogen (secondary N) is 1. The van der Waals surface area contributed by atoms with Crippen LogP contribution in [0.2, 0.25) is 0 Å². The number of benzene rings is 1. The summed E-state index contributed by atoms with van der Waals surface area (Å²) in [6.45, 7) is 1.94. The van der Waals surface area contributed by atoms with Gasteiger partial charge in [0, 0.05) is 24.5 Å². The summed E-state index contributed by atoms with van der Waals surface area (Å²) < 4.78 is 7.74. The third-order valence-electron chi connectivity index (χ3n) is 4.53. The van der Waals surface area contributed by atoms with Crippen molar-refractivity contribution in [2.24, 2.45) is 7.05 Å². The van der Waals surface area contributed by atoms with E-state index in [0.29, 0.717) is 22.6 Å². The average Bonchev–Trinajstić information content (AvgIpc) is 3.38. The molecule has 4 aromatic rings. The van der Waals surface area contributed by atoms with Gasteiger partial charge in [0.1, 0.15) is 11.8 Å². The molecular weight excluding hydrogens is 418 g/mol. The van der Waals surface area contributed by atoms with Gasteiger partial charge in [-0.15, -0.1) is 0 Å². The second-order valence-electron chi connectivity index (χ2n) is 6.67. The summed E-state index contributed by atoms with van der Waals surface area (Å²) in [6.07, 6.45) is 4.09. The highest BCUT2D eigenvalue weighted by atomic mass is 16.6. The molecule has 0 aliphatic rings. The van der Waals surface area contributed by atoms with Crippen LogP contribution < -0.4 is 5.32 Å². The number of anilines is 1. The molecular formula is C20H17N7O5. The number of hydrogen-bond acceptors (Lipinski definition) is 8. The lowest BCUT2D eigenvalue weighted by Crippen LogP contribution is -2.14. The largest absolute Gasteiger partial charge is 0.462 e. The van der Waals surface area contributed by atoms with E-state index in [1.807, 2.05) is 0 Å². The molecule has 0 aliphatic carbocycles. The van der Waals surface area contributed by atoms with Gasteiger partial charge in [-0.2, -0.15) is 10.2 Å². The van der Waals surface area contributed by atoms with Crippen molar-refractivity contribution in [2.45, 2.75) is 6.92 Å². The van der Waals surface area contributed by atoms with Gasteiger partial charge in [-0.25, -0.2) is 14.3 Å². The minimum Gasteiger partial charge on any atom is -0.462 e. The Kier molecular flexibility index (Phi) is 5.33. The first-order chi connectivity index (χ1) is 15.4. The fourth-order valence-electron chi connectivity index (χ4n) is 3.18. The van der Waals surface area contributed by atoms with Crippen LogP contribution in [0.1, 0.15) is 27.8 Å². The van der Waals surface area contributed by atoms with Crippen LogP contribution >= 0.6 is 0 Å². The normalized spacial score (nSPS) is 10.8. The molecule has 0 fully saturated rings. The molecule has 4 rings (SSSR count). The summed E-state index contributed by atoms with van der Waals surface area (Å²) >= 11 is 0. The highest BCUT2D eigenvalue weighted by Gasteiger charge is 2.25. The number of rotatable bonds is 6. The number of carbonyl (C=O) groups excluding carboxylic acids is 2. The molecule has 3 heterocycles. The van der Waals surface area contributed by atoms with Crippen LogP contribution in [0.4, 0.5) is 11.4 Å². The molecule has 1 aromatic carbocycles. The quantitative estimate of drug-likeness (QED) is 0.276. The number of nitro groups is 1. The number of nitrogens with zero attached hydrogens (tertiary/aromatic N) is 6. The molecule has 0 saturated carbocycles. The number of carbonyl (C=O) groups is 2. The topological polar surface area (TPSA) is 147 Å². The van der Waals surface area contributed by atoms with Crippen LogP contribution in [-0.4, -0.2) is 47.8 Å². The van der Waals surface area contributed by atoms with E-state index >= 15 is 0 Å². The van der Waals surface area contributed by atoms with Crippen molar-refractivity contribution >= 4 is 28.9 Å². The van der Waals surface area contributed by atoms with E-state index < -0.39 is 16.8 Å². The van der Waals surface area contributed by atoms with Crippen molar-refractivity contribution < 1.29 is 19.2 Å². The van der Waals surface area contributed by atoms with Crippen molar-refractivity contribution in [2.75, 3.05) is 11.9 Å². The van der Waals surface area contributed by atoms with Crippen molar-refractivity contribution in [3.8, 4) is 11.3 Å². The summed E-state index contributed by atoms with van der Waals surface area (Å²) in [5, 5.41) is 21.9. The molecule has 0 saturated heterocycles. The van der Waals surface area contributed by atoms with Crippen molar-refractivity contribution in [1.29, 1.82) is 0 Å². The molecule has 12 nitrogen and oxygen atoms in total. The Balaban J connectivity index is 1.67. The van der Waals surface area contributed by atoms with Gasteiger partial charge >= 0.3 is 11.7 Å². The van der Waals surface area contributed by atoms with E-state index in [9.17, 15) is 19.7 Å². The zero-order valence-corrected chi connectivity index (χ0v) is 17.1. The van der Waals surface area contributed by atoms with Gasteiger partial charge < -0.3 is 10.1 Å². The molecule has 0 atom stereocenters. The van der Waals surface area contributed by atoms with Gasteiger partial charge in [-0.1, -0.05) is 12.1 Å². The zero-order valence-electron chi connectivity index (χ0n) is 17.1. The third kappa shape index (κ3) is 3.76. The summed E-state index contributed by atoms with van der Waals surface area (Å²) in [5.74, 6) is -1.23. The van der Waals surface area contributed by atoms with Gasteiger partial charge in [0.05, 0.1) is 23.4 Å². The van der Waals surface area contributed by atoms with Gasteiger partial charge in [-0.05, 0) is 25.1 Å². The number of ether oxygens (including phenoxy) is 1. The number of aryl methyl sites for hydroxylation is 1. The number of fused-ring (bicyclic) bond motifs is 1. The zero-order chi connectivity index (χ0) is 22.8. The van der Waals surface area contributed by atoms with E-state index in [4.69, 9.17) is 4.74 Å². The molecule has 32 heavy (non-hydrogen) atoms. The predicted molar refractivity (Wildman–Crippen MR) is 112 cm³/mol. The fourth-order valence-corrected chi connectivity index (χ4v) is 3.18. The van der Waals surface area contributed by atoms with Crippen LogP contribution in [0, 0.1) is 10.1 Å². The molecule has 0 unspecified atom stereocenters. The van der Waals surface area contributed by atoms with Crippen LogP contribution in [0.5, 0.6) is 0 Å². The molecule has 0 aliphatic heterocycles. The first-order valence-electron chi connectivity index (χ1n) is 9.48. The Hall–Kier alpha value is -4.61. The maximum Gasteiger partial charge on any atom is 0.343 e. The summed E-state index contributed by atoms with van der Waals surface area (Å²) in [6, 6.07) is 8.52. The second kappa shape index (κ2) is 8.26. The Morgan fingerprint density at radius 1 is 1.28 bits per heavy atom. The molecule has 1 amide bonds. The Labute approximate surface area is 180 Å². The maximum atomic E-state index is 12.6. The van der Waals surface area contributed by atoms with Crippen LogP contribution in [-0.2, 0) is 11.8 Å². The number of hydrogen-bond donors (Lipinski definition) is 1. The summed E-state index contributed by atoms with van der Waals surface area (Å²) in [7, 11) is 1.49. The highest BCUT2D eigenvalue weighted by Crippen LogP contribution is 2.25. The second-order valence-corrected chi connectivity index (χ2v) is 6.67. The fraction of sp³-hybridized carbons (Fsp3) is 0.150. The lowest BCUT2D eigenvalue weighted by atomic mass is 10.1. The first-order valence-corrected chi connectivity index (χ1v) is 9.48. The first kappa shape index (κ1) is 20.7. The summed E-state index contributed by atoms with van der Waals surface area (Å²) in [4.78, 5) is 39.5. The van der Waals surface area contributed by atoms with E-state index in [-0.39, 0.29) is 23.6 Å². The Bertz CT molecular complexity index is 1360. The molecule has 12 heteroatoms. The molecule has 0 spiro atoms. The Morgan fingerprint density at radius 2 is 2.09 bits per heavy atom.